The molecule has 1 aliphatic heterocycles. The molecule has 0 saturated carbocycles. The van der Waals surface area contributed by atoms with Gasteiger partial charge in [-0.1, -0.05) is 26.2 Å². The molecule has 5 heteroatoms. The highest BCUT2D eigenvalue weighted by molar-refractivity contribution is 5.83. The summed E-state index contributed by atoms with van der Waals surface area (Å²) in [5.41, 5.74) is 0. The van der Waals surface area contributed by atoms with Gasteiger partial charge in [-0.05, 0) is 6.42 Å². The number of carbonyl (C=O) groups excluding carboxylic acids is 2. The average Bonchev–Trinajstić information content (AvgIpc) is 2.46. The van der Waals surface area contributed by atoms with Crippen LogP contribution in [0.4, 0.5) is 0 Å². The fraction of sp³-hybridized carbons (Fsp3) is 0.857. The third-order valence-electron chi connectivity index (χ3n) is 3.48. The second-order valence-electron chi connectivity index (χ2n) is 4.91. The number of carbonyl (C=O) groups is 2. The third kappa shape index (κ3) is 5.59. The Labute approximate surface area is 115 Å². The third-order valence-corrected chi connectivity index (χ3v) is 3.48. The summed E-state index contributed by atoms with van der Waals surface area (Å²) in [6.45, 7) is 4.55. The molecule has 5 nitrogen and oxygen atoms in total. The molecule has 0 N–H and O–H groups in total. The van der Waals surface area contributed by atoms with Gasteiger partial charge >= 0.3 is 5.97 Å². The van der Waals surface area contributed by atoms with Gasteiger partial charge in [0.1, 0.15) is 0 Å². The predicted molar refractivity (Wildman–Crippen MR) is 71.7 cm³/mol. The number of rotatable bonds is 7. The van der Waals surface area contributed by atoms with Crippen molar-refractivity contribution in [1.29, 1.82) is 0 Å². The Bertz CT molecular complexity index is 287. The van der Waals surface area contributed by atoms with E-state index < -0.39 is 0 Å². The molecule has 1 saturated heterocycles. The molecule has 1 fully saturated rings. The minimum Gasteiger partial charge on any atom is -0.469 e. The Morgan fingerprint density at radius 1 is 1.26 bits per heavy atom. The van der Waals surface area contributed by atoms with Crippen LogP contribution in [0.5, 0.6) is 0 Å². The van der Waals surface area contributed by atoms with Crippen LogP contribution in [0.1, 0.15) is 39.0 Å². The quantitative estimate of drug-likeness (QED) is 0.521. The Balaban J connectivity index is 2.45. The van der Waals surface area contributed by atoms with E-state index in [0.29, 0.717) is 26.3 Å². The monoisotopic (exact) mass is 271 g/mol. The molecular formula is C14H25NO4. The summed E-state index contributed by atoms with van der Waals surface area (Å²) < 4.78 is 10.0. The highest BCUT2D eigenvalue weighted by atomic mass is 16.5. The topological polar surface area (TPSA) is 55.8 Å². The first-order chi connectivity index (χ1) is 9.19. The number of morpholine rings is 1. The van der Waals surface area contributed by atoms with Crippen LogP contribution in [0.25, 0.3) is 0 Å². The number of amides is 1. The zero-order chi connectivity index (χ0) is 14.1. The lowest BCUT2D eigenvalue weighted by atomic mass is 9.97. The SMILES string of the molecule is CCCCC[C@H](CC(=O)N1CCOCC1)C(=O)OC. The lowest BCUT2D eigenvalue weighted by Gasteiger charge is -2.28. The zero-order valence-corrected chi connectivity index (χ0v) is 12.0. The van der Waals surface area contributed by atoms with Crippen molar-refractivity contribution in [2.24, 2.45) is 5.92 Å². The number of ether oxygens (including phenoxy) is 2. The van der Waals surface area contributed by atoms with Gasteiger partial charge in [-0.25, -0.2) is 0 Å². The lowest BCUT2D eigenvalue weighted by molar-refractivity contribution is -0.150. The van der Waals surface area contributed by atoms with Gasteiger partial charge in [0.25, 0.3) is 0 Å². The first-order valence-corrected chi connectivity index (χ1v) is 7.12. The van der Waals surface area contributed by atoms with Crippen molar-refractivity contribution in [2.75, 3.05) is 33.4 Å². The van der Waals surface area contributed by atoms with Gasteiger partial charge in [-0.15, -0.1) is 0 Å². The van der Waals surface area contributed by atoms with Crippen molar-refractivity contribution in [1.82, 2.24) is 4.90 Å². The number of hydrogen-bond donors (Lipinski definition) is 0. The average molecular weight is 271 g/mol. The summed E-state index contributed by atoms with van der Waals surface area (Å²) in [5.74, 6) is -0.528. The van der Waals surface area contributed by atoms with Crippen LogP contribution < -0.4 is 0 Å². The molecule has 0 radical (unpaired) electrons. The molecule has 1 heterocycles. The number of methoxy groups -OCH3 is 1. The molecule has 0 unspecified atom stereocenters. The van der Waals surface area contributed by atoms with E-state index in [2.05, 4.69) is 6.92 Å². The van der Waals surface area contributed by atoms with Crippen LogP contribution >= 0.6 is 0 Å². The van der Waals surface area contributed by atoms with Gasteiger partial charge in [0.05, 0.1) is 26.2 Å². The molecule has 0 aromatic rings. The molecule has 0 aromatic carbocycles. The van der Waals surface area contributed by atoms with Crippen LogP contribution in [0.3, 0.4) is 0 Å². The standard InChI is InChI=1S/C14H25NO4/c1-3-4-5-6-12(14(17)18-2)11-13(16)15-7-9-19-10-8-15/h12H,3-11H2,1-2H3/t12-/m1/s1. The van der Waals surface area contributed by atoms with Gasteiger partial charge in [-0.2, -0.15) is 0 Å². The predicted octanol–water partition coefficient (Wildman–Crippen LogP) is 1.60. The smallest absolute Gasteiger partial charge is 0.309 e. The van der Waals surface area contributed by atoms with Crippen LogP contribution in [0.15, 0.2) is 0 Å². The summed E-state index contributed by atoms with van der Waals surface area (Å²) in [4.78, 5) is 25.6. The van der Waals surface area contributed by atoms with Gasteiger partial charge in [0.2, 0.25) is 5.91 Å². The second-order valence-corrected chi connectivity index (χ2v) is 4.91. The van der Waals surface area contributed by atoms with E-state index in [4.69, 9.17) is 9.47 Å². The van der Waals surface area contributed by atoms with E-state index >= 15 is 0 Å². The van der Waals surface area contributed by atoms with Gasteiger partial charge < -0.3 is 14.4 Å². The van der Waals surface area contributed by atoms with Crippen LogP contribution in [-0.4, -0.2) is 50.2 Å². The van der Waals surface area contributed by atoms with Crippen molar-refractivity contribution < 1.29 is 19.1 Å². The van der Waals surface area contributed by atoms with Gasteiger partial charge in [-0.3, -0.25) is 9.59 Å². The molecule has 110 valence electrons. The first-order valence-electron chi connectivity index (χ1n) is 7.12. The van der Waals surface area contributed by atoms with Crippen LogP contribution in [0.2, 0.25) is 0 Å². The van der Waals surface area contributed by atoms with Crippen molar-refractivity contribution in [3.8, 4) is 0 Å². The van der Waals surface area contributed by atoms with E-state index in [1.807, 2.05) is 0 Å². The molecule has 1 aliphatic rings. The largest absolute Gasteiger partial charge is 0.469 e. The molecule has 0 aliphatic carbocycles. The summed E-state index contributed by atoms with van der Waals surface area (Å²) in [6, 6.07) is 0. The second kappa shape index (κ2) is 8.91. The summed E-state index contributed by atoms with van der Waals surface area (Å²) in [7, 11) is 1.38. The lowest BCUT2D eigenvalue weighted by Crippen LogP contribution is -2.42. The highest BCUT2D eigenvalue weighted by Gasteiger charge is 2.25. The number of esters is 1. The fourth-order valence-corrected chi connectivity index (χ4v) is 2.26. The van der Waals surface area contributed by atoms with E-state index in [1.165, 1.54) is 7.11 Å². The number of nitrogens with zero attached hydrogens (tertiary/aromatic N) is 1. The Kier molecular flexibility index (Phi) is 7.48. The maximum atomic E-state index is 12.1. The van der Waals surface area contributed by atoms with Crippen molar-refractivity contribution in [3.63, 3.8) is 0 Å². The normalized spacial score (nSPS) is 17.1. The number of hydrogen-bond acceptors (Lipinski definition) is 4. The Hall–Kier alpha value is -1.10. The maximum Gasteiger partial charge on any atom is 0.309 e. The van der Waals surface area contributed by atoms with E-state index in [1.54, 1.807) is 4.90 Å². The minimum absolute atomic E-state index is 0.0372. The molecular weight excluding hydrogens is 246 g/mol. The summed E-state index contributed by atoms with van der Waals surface area (Å²) in [5, 5.41) is 0. The molecule has 1 atom stereocenters. The van der Waals surface area contributed by atoms with Crippen molar-refractivity contribution in [3.05, 3.63) is 0 Å². The summed E-state index contributed by atoms with van der Waals surface area (Å²) in [6.07, 6.45) is 4.14. The summed E-state index contributed by atoms with van der Waals surface area (Å²) >= 11 is 0. The Morgan fingerprint density at radius 2 is 1.95 bits per heavy atom. The Morgan fingerprint density at radius 3 is 2.53 bits per heavy atom. The van der Waals surface area contributed by atoms with Crippen LogP contribution in [-0.2, 0) is 19.1 Å². The van der Waals surface area contributed by atoms with Gasteiger partial charge in [0.15, 0.2) is 0 Å². The van der Waals surface area contributed by atoms with Gasteiger partial charge in [0, 0.05) is 19.5 Å². The van der Waals surface area contributed by atoms with Crippen LogP contribution in [0, 0.1) is 5.92 Å². The first kappa shape index (κ1) is 16.0. The van der Waals surface area contributed by atoms with E-state index in [0.717, 1.165) is 25.7 Å². The molecule has 1 amide bonds. The molecule has 1 rings (SSSR count). The molecule has 19 heavy (non-hydrogen) atoms. The number of unbranched alkanes of at least 4 members (excludes halogenated alkanes) is 2. The van der Waals surface area contributed by atoms with E-state index in [-0.39, 0.29) is 24.2 Å². The van der Waals surface area contributed by atoms with Crippen molar-refractivity contribution >= 4 is 11.9 Å². The zero-order valence-electron chi connectivity index (χ0n) is 12.0. The molecule has 0 bridgehead atoms. The van der Waals surface area contributed by atoms with E-state index in [9.17, 15) is 9.59 Å². The van der Waals surface area contributed by atoms with Crippen molar-refractivity contribution in [2.45, 2.75) is 39.0 Å². The maximum absolute atomic E-state index is 12.1. The molecule has 0 spiro atoms. The fourth-order valence-electron chi connectivity index (χ4n) is 2.26. The highest BCUT2D eigenvalue weighted by Crippen LogP contribution is 2.17. The minimum atomic E-state index is -0.299. The molecule has 0 aromatic heterocycles.